The maximum Gasteiger partial charge on any atom is 0.271 e. The molecule has 1 aliphatic rings. The number of benzene rings is 3. The van der Waals surface area contributed by atoms with Gasteiger partial charge in [0.15, 0.2) is 0 Å². The van der Waals surface area contributed by atoms with E-state index in [1.807, 2.05) is 54.6 Å². The van der Waals surface area contributed by atoms with Crippen LogP contribution in [0.15, 0.2) is 88.9 Å². The molecule has 1 saturated heterocycles. The van der Waals surface area contributed by atoms with E-state index in [1.165, 1.54) is 16.4 Å². The Morgan fingerprint density at radius 2 is 1.53 bits per heavy atom. The van der Waals surface area contributed by atoms with Crippen molar-refractivity contribution in [2.75, 3.05) is 13.1 Å². The fourth-order valence-electron chi connectivity index (χ4n) is 3.67. The maximum absolute atomic E-state index is 12.9. The van der Waals surface area contributed by atoms with Crippen molar-refractivity contribution in [2.24, 2.45) is 5.10 Å². The second-order valence-electron chi connectivity index (χ2n) is 7.68. The molecule has 0 unspecified atom stereocenters. The number of rotatable bonds is 6. The van der Waals surface area contributed by atoms with Crippen molar-refractivity contribution in [3.8, 4) is 11.1 Å². The van der Waals surface area contributed by atoms with Gasteiger partial charge in [-0.1, -0.05) is 67.1 Å². The summed E-state index contributed by atoms with van der Waals surface area (Å²) in [5.74, 6) is -0.460. The third kappa shape index (κ3) is 5.12. The van der Waals surface area contributed by atoms with Crippen molar-refractivity contribution in [1.29, 1.82) is 0 Å². The maximum atomic E-state index is 12.9. The van der Waals surface area contributed by atoms with Crippen molar-refractivity contribution < 1.29 is 13.2 Å². The minimum atomic E-state index is -3.59. The Kier molecular flexibility index (Phi) is 6.78. The Bertz CT molecular complexity index is 1200. The standard InChI is InChI=1S/C25H25N3O3S/c29-25(23-10-7-11-24(18-23)32(30,31)28-16-5-2-6-17-28)27-26-19-20-12-14-22(15-13-20)21-8-3-1-4-9-21/h1,3-4,7-15,18-19H,2,5-6,16-17H2,(H,27,29)/b26-19+. The van der Waals surface area contributed by atoms with E-state index in [4.69, 9.17) is 0 Å². The van der Waals surface area contributed by atoms with Crippen LogP contribution in [0.3, 0.4) is 0 Å². The van der Waals surface area contributed by atoms with Gasteiger partial charge < -0.3 is 0 Å². The van der Waals surface area contributed by atoms with Gasteiger partial charge in [0.1, 0.15) is 0 Å². The summed E-state index contributed by atoms with van der Waals surface area (Å²) in [6.45, 7) is 1.04. The number of hydrazone groups is 1. The molecular formula is C25H25N3O3S. The molecule has 1 heterocycles. The summed E-state index contributed by atoms with van der Waals surface area (Å²) in [4.78, 5) is 12.6. The van der Waals surface area contributed by atoms with Gasteiger partial charge >= 0.3 is 0 Å². The number of sulfonamides is 1. The first-order valence-corrected chi connectivity index (χ1v) is 12.1. The van der Waals surface area contributed by atoms with Crippen LogP contribution in [-0.2, 0) is 10.0 Å². The molecular weight excluding hydrogens is 422 g/mol. The fraction of sp³-hybridized carbons (Fsp3) is 0.200. The number of hydrogen-bond acceptors (Lipinski definition) is 4. The predicted octanol–water partition coefficient (Wildman–Crippen LogP) is 4.29. The van der Waals surface area contributed by atoms with Gasteiger partial charge in [-0.25, -0.2) is 13.8 Å². The molecule has 0 atom stereocenters. The van der Waals surface area contributed by atoms with Crippen molar-refractivity contribution in [3.05, 3.63) is 90.0 Å². The summed E-state index contributed by atoms with van der Waals surface area (Å²) < 4.78 is 27.2. The molecule has 164 valence electrons. The van der Waals surface area contributed by atoms with Gasteiger partial charge in [-0.2, -0.15) is 9.41 Å². The summed E-state index contributed by atoms with van der Waals surface area (Å²) in [6.07, 6.45) is 4.32. The highest BCUT2D eigenvalue weighted by Crippen LogP contribution is 2.21. The summed E-state index contributed by atoms with van der Waals surface area (Å²) >= 11 is 0. The third-order valence-electron chi connectivity index (χ3n) is 5.45. The molecule has 1 N–H and O–H groups in total. The highest BCUT2D eigenvalue weighted by atomic mass is 32.2. The van der Waals surface area contributed by atoms with Crippen LogP contribution in [0.4, 0.5) is 0 Å². The SMILES string of the molecule is O=C(N/N=C/c1ccc(-c2ccccc2)cc1)c1cccc(S(=O)(=O)N2CCCCC2)c1. The molecule has 32 heavy (non-hydrogen) atoms. The lowest BCUT2D eigenvalue weighted by molar-refractivity contribution is 0.0955. The van der Waals surface area contributed by atoms with Gasteiger partial charge in [-0.3, -0.25) is 4.79 Å². The Morgan fingerprint density at radius 3 is 2.25 bits per heavy atom. The smallest absolute Gasteiger partial charge is 0.267 e. The lowest BCUT2D eigenvalue weighted by Gasteiger charge is -2.25. The van der Waals surface area contributed by atoms with Gasteiger partial charge in [0, 0.05) is 18.7 Å². The highest BCUT2D eigenvalue weighted by molar-refractivity contribution is 7.89. The van der Waals surface area contributed by atoms with Crippen LogP contribution >= 0.6 is 0 Å². The van der Waals surface area contributed by atoms with Gasteiger partial charge in [0.2, 0.25) is 10.0 Å². The van der Waals surface area contributed by atoms with Crippen LogP contribution in [-0.4, -0.2) is 37.9 Å². The number of hydrogen-bond donors (Lipinski definition) is 1. The first-order valence-electron chi connectivity index (χ1n) is 10.6. The number of piperidine rings is 1. The summed E-state index contributed by atoms with van der Waals surface area (Å²) in [5.41, 5.74) is 5.79. The zero-order valence-electron chi connectivity index (χ0n) is 17.6. The monoisotopic (exact) mass is 447 g/mol. The number of amides is 1. The minimum absolute atomic E-state index is 0.132. The second kappa shape index (κ2) is 9.89. The summed E-state index contributed by atoms with van der Waals surface area (Å²) in [6, 6.07) is 24.0. The first kappa shape index (κ1) is 21.9. The lowest BCUT2D eigenvalue weighted by Crippen LogP contribution is -2.35. The van der Waals surface area contributed by atoms with Crippen LogP contribution in [0.2, 0.25) is 0 Å². The molecule has 0 aliphatic carbocycles. The number of nitrogens with zero attached hydrogens (tertiary/aromatic N) is 2. The number of nitrogens with one attached hydrogen (secondary N) is 1. The lowest BCUT2D eigenvalue weighted by atomic mass is 10.0. The van der Waals surface area contributed by atoms with Crippen molar-refractivity contribution in [2.45, 2.75) is 24.2 Å². The van der Waals surface area contributed by atoms with Crippen molar-refractivity contribution >= 4 is 22.1 Å². The van der Waals surface area contributed by atoms with Crippen LogP contribution in [0, 0.1) is 0 Å². The molecule has 0 saturated carbocycles. The largest absolute Gasteiger partial charge is 0.271 e. The van der Waals surface area contributed by atoms with Gasteiger partial charge in [-0.15, -0.1) is 0 Å². The molecule has 1 amide bonds. The molecule has 6 nitrogen and oxygen atoms in total. The average molecular weight is 448 g/mol. The third-order valence-corrected chi connectivity index (χ3v) is 7.34. The Balaban J connectivity index is 1.41. The number of carbonyl (C=O) groups excluding carboxylic acids is 1. The second-order valence-corrected chi connectivity index (χ2v) is 9.62. The molecule has 0 aromatic heterocycles. The zero-order chi connectivity index (χ0) is 22.4. The van der Waals surface area contributed by atoms with E-state index in [9.17, 15) is 13.2 Å². The molecule has 0 spiro atoms. The number of carbonyl (C=O) groups is 1. The summed E-state index contributed by atoms with van der Waals surface area (Å²) in [5, 5.41) is 4.02. The molecule has 4 rings (SSSR count). The van der Waals surface area contributed by atoms with Gasteiger partial charge in [0.05, 0.1) is 11.1 Å². The van der Waals surface area contributed by atoms with Crippen LogP contribution < -0.4 is 5.43 Å². The Morgan fingerprint density at radius 1 is 0.844 bits per heavy atom. The van der Waals surface area contributed by atoms with E-state index >= 15 is 0 Å². The Hall–Kier alpha value is -3.29. The molecule has 7 heteroatoms. The molecule has 0 radical (unpaired) electrons. The Labute approximate surface area is 188 Å². The van der Waals surface area contributed by atoms with Gasteiger partial charge in [-0.05, 0) is 47.7 Å². The normalized spacial score (nSPS) is 15.0. The van der Waals surface area contributed by atoms with Crippen LogP contribution in [0.5, 0.6) is 0 Å². The summed E-state index contributed by atoms with van der Waals surface area (Å²) in [7, 11) is -3.59. The topological polar surface area (TPSA) is 78.8 Å². The molecule has 3 aromatic carbocycles. The molecule has 1 aliphatic heterocycles. The molecule has 1 fully saturated rings. The van der Waals surface area contributed by atoms with Crippen molar-refractivity contribution in [1.82, 2.24) is 9.73 Å². The average Bonchev–Trinajstić information content (AvgIpc) is 2.85. The zero-order valence-corrected chi connectivity index (χ0v) is 18.5. The quantitative estimate of drug-likeness (QED) is 0.452. The van der Waals surface area contributed by atoms with E-state index in [1.54, 1.807) is 18.3 Å². The van der Waals surface area contributed by atoms with E-state index in [0.29, 0.717) is 13.1 Å². The van der Waals surface area contributed by atoms with Crippen LogP contribution in [0.25, 0.3) is 11.1 Å². The van der Waals surface area contributed by atoms with E-state index in [-0.39, 0.29) is 10.5 Å². The predicted molar refractivity (Wildman–Crippen MR) is 126 cm³/mol. The van der Waals surface area contributed by atoms with Gasteiger partial charge in [0.25, 0.3) is 5.91 Å². The van der Waals surface area contributed by atoms with E-state index in [0.717, 1.165) is 36.0 Å². The first-order chi connectivity index (χ1) is 15.5. The highest BCUT2D eigenvalue weighted by Gasteiger charge is 2.26. The van der Waals surface area contributed by atoms with E-state index < -0.39 is 15.9 Å². The molecule has 3 aromatic rings. The fourth-order valence-corrected chi connectivity index (χ4v) is 5.24. The minimum Gasteiger partial charge on any atom is -0.267 e. The molecule has 0 bridgehead atoms. The van der Waals surface area contributed by atoms with Crippen LogP contribution in [0.1, 0.15) is 35.2 Å². The van der Waals surface area contributed by atoms with Crippen molar-refractivity contribution in [3.63, 3.8) is 0 Å². The van der Waals surface area contributed by atoms with E-state index in [2.05, 4.69) is 10.5 Å².